The van der Waals surface area contributed by atoms with E-state index in [1.165, 1.54) is 11.3 Å². The molecule has 0 bridgehead atoms. The first-order chi connectivity index (χ1) is 11.8. The maximum Gasteiger partial charge on any atom is 0.261 e. The molecule has 0 saturated carbocycles. The molecule has 128 valence electrons. The van der Waals surface area contributed by atoms with Gasteiger partial charge in [0.05, 0.1) is 4.88 Å². The lowest BCUT2D eigenvalue weighted by Gasteiger charge is -2.18. The second kappa shape index (κ2) is 8.17. The highest BCUT2D eigenvalue weighted by Crippen LogP contribution is 2.36. The van der Waals surface area contributed by atoms with Crippen molar-refractivity contribution in [3.8, 4) is 21.9 Å². The molecule has 0 aliphatic carbocycles. The molecule has 1 aromatic carbocycles. The van der Waals surface area contributed by atoms with E-state index in [0.29, 0.717) is 37.8 Å². The van der Waals surface area contributed by atoms with Crippen molar-refractivity contribution in [3.63, 3.8) is 0 Å². The molecule has 1 N–H and O–H groups in total. The average Bonchev–Trinajstić information content (AvgIpc) is 3.11. The summed E-state index contributed by atoms with van der Waals surface area (Å²) in [4.78, 5) is 13.9. The SMILES string of the molecule is CCOCCCNC(=O)c1ccc(-c2ccc3c(c2)OCCO3)s1. The smallest absolute Gasteiger partial charge is 0.261 e. The first kappa shape index (κ1) is 16.8. The predicted octanol–water partition coefficient (Wildman–Crippen LogP) is 3.34. The molecular formula is C18H21NO4S. The largest absolute Gasteiger partial charge is 0.486 e. The lowest BCUT2D eigenvalue weighted by molar-refractivity contribution is 0.0948. The molecule has 0 spiro atoms. The van der Waals surface area contributed by atoms with E-state index in [9.17, 15) is 4.79 Å². The Morgan fingerprint density at radius 2 is 2.04 bits per heavy atom. The van der Waals surface area contributed by atoms with Gasteiger partial charge in [0.15, 0.2) is 11.5 Å². The van der Waals surface area contributed by atoms with Crippen LogP contribution in [-0.4, -0.2) is 38.9 Å². The van der Waals surface area contributed by atoms with Gasteiger partial charge in [-0.1, -0.05) is 0 Å². The number of hydrogen-bond donors (Lipinski definition) is 1. The Balaban J connectivity index is 1.61. The number of rotatable bonds is 7. The summed E-state index contributed by atoms with van der Waals surface area (Å²) in [6.45, 7) is 5.11. The number of hydrogen-bond acceptors (Lipinski definition) is 5. The minimum Gasteiger partial charge on any atom is -0.486 e. The number of nitrogens with one attached hydrogen (secondary N) is 1. The molecule has 5 nitrogen and oxygen atoms in total. The molecule has 24 heavy (non-hydrogen) atoms. The standard InChI is InChI=1S/C18H21NO4S/c1-2-21-9-3-8-19-18(20)17-7-6-16(24-17)13-4-5-14-15(12-13)23-11-10-22-14/h4-7,12H,2-3,8-11H2,1H3,(H,19,20). The second-order valence-electron chi connectivity index (χ2n) is 5.33. The number of amides is 1. The van der Waals surface area contributed by atoms with Crippen LogP contribution in [-0.2, 0) is 4.74 Å². The van der Waals surface area contributed by atoms with Crippen molar-refractivity contribution in [1.82, 2.24) is 5.32 Å². The molecule has 0 fully saturated rings. The minimum atomic E-state index is -0.0414. The molecule has 1 aromatic heterocycles. The quantitative estimate of drug-likeness (QED) is 0.781. The highest BCUT2D eigenvalue weighted by atomic mass is 32.1. The Morgan fingerprint density at radius 1 is 1.21 bits per heavy atom. The van der Waals surface area contributed by atoms with Crippen LogP contribution >= 0.6 is 11.3 Å². The van der Waals surface area contributed by atoms with Crippen LogP contribution in [0.25, 0.3) is 10.4 Å². The van der Waals surface area contributed by atoms with Gasteiger partial charge >= 0.3 is 0 Å². The Hall–Kier alpha value is -2.05. The zero-order chi connectivity index (χ0) is 16.8. The summed E-state index contributed by atoms with van der Waals surface area (Å²) in [5, 5.41) is 2.92. The molecule has 2 heterocycles. The molecular weight excluding hydrogens is 326 g/mol. The van der Waals surface area contributed by atoms with E-state index in [0.717, 1.165) is 28.4 Å². The lowest BCUT2D eigenvalue weighted by atomic mass is 10.1. The van der Waals surface area contributed by atoms with E-state index in [-0.39, 0.29) is 5.91 Å². The molecule has 2 aromatic rings. The third kappa shape index (κ3) is 4.07. The summed E-state index contributed by atoms with van der Waals surface area (Å²) in [6.07, 6.45) is 0.819. The molecule has 0 radical (unpaired) electrons. The van der Waals surface area contributed by atoms with Gasteiger partial charge < -0.3 is 19.5 Å². The third-order valence-electron chi connectivity index (χ3n) is 3.61. The van der Waals surface area contributed by atoms with Crippen LogP contribution in [0, 0.1) is 0 Å². The van der Waals surface area contributed by atoms with Gasteiger partial charge in [0, 0.05) is 24.6 Å². The molecule has 1 aliphatic heterocycles. The number of carbonyl (C=O) groups excluding carboxylic acids is 1. The van der Waals surface area contributed by atoms with Crippen molar-refractivity contribution in [2.75, 3.05) is 33.0 Å². The molecule has 1 amide bonds. The fraction of sp³-hybridized carbons (Fsp3) is 0.389. The van der Waals surface area contributed by atoms with Gasteiger partial charge in [0.25, 0.3) is 5.91 Å². The van der Waals surface area contributed by atoms with Crippen molar-refractivity contribution in [2.45, 2.75) is 13.3 Å². The van der Waals surface area contributed by atoms with E-state index in [2.05, 4.69) is 5.32 Å². The van der Waals surface area contributed by atoms with E-state index in [1.54, 1.807) is 0 Å². The van der Waals surface area contributed by atoms with Crippen LogP contribution in [0.1, 0.15) is 23.0 Å². The van der Waals surface area contributed by atoms with Gasteiger partial charge in [-0.05, 0) is 49.2 Å². The minimum absolute atomic E-state index is 0.0414. The van der Waals surface area contributed by atoms with Gasteiger partial charge in [-0.2, -0.15) is 0 Å². The zero-order valence-corrected chi connectivity index (χ0v) is 14.5. The lowest BCUT2D eigenvalue weighted by Crippen LogP contribution is -2.24. The topological polar surface area (TPSA) is 56.8 Å². The number of thiophene rings is 1. The first-order valence-corrected chi connectivity index (χ1v) is 8.95. The van der Waals surface area contributed by atoms with E-state index in [1.807, 2.05) is 37.3 Å². The van der Waals surface area contributed by atoms with Gasteiger partial charge in [0.2, 0.25) is 0 Å². The maximum absolute atomic E-state index is 12.2. The summed E-state index contributed by atoms with van der Waals surface area (Å²) in [6, 6.07) is 9.68. The molecule has 1 aliphatic rings. The van der Waals surface area contributed by atoms with Gasteiger partial charge in [-0.3, -0.25) is 4.79 Å². The zero-order valence-electron chi connectivity index (χ0n) is 13.7. The molecule has 0 saturated heterocycles. The van der Waals surface area contributed by atoms with E-state index < -0.39 is 0 Å². The maximum atomic E-state index is 12.2. The normalized spacial score (nSPS) is 12.9. The van der Waals surface area contributed by atoms with Crippen LogP contribution in [0.5, 0.6) is 11.5 Å². The number of ether oxygens (including phenoxy) is 3. The van der Waals surface area contributed by atoms with Crippen LogP contribution in [0.15, 0.2) is 30.3 Å². The van der Waals surface area contributed by atoms with Crippen LogP contribution in [0.2, 0.25) is 0 Å². The van der Waals surface area contributed by atoms with Crippen molar-refractivity contribution < 1.29 is 19.0 Å². The van der Waals surface area contributed by atoms with Gasteiger partial charge in [-0.25, -0.2) is 0 Å². The van der Waals surface area contributed by atoms with E-state index in [4.69, 9.17) is 14.2 Å². The molecule has 6 heteroatoms. The Kier molecular flexibility index (Phi) is 5.72. The highest BCUT2D eigenvalue weighted by Gasteiger charge is 2.14. The van der Waals surface area contributed by atoms with Crippen LogP contribution < -0.4 is 14.8 Å². The van der Waals surface area contributed by atoms with Crippen LogP contribution in [0.4, 0.5) is 0 Å². The van der Waals surface area contributed by atoms with Crippen LogP contribution in [0.3, 0.4) is 0 Å². The average molecular weight is 347 g/mol. The Morgan fingerprint density at radius 3 is 2.88 bits per heavy atom. The van der Waals surface area contributed by atoms with Crippen molar-refractivity contribution in [1.29, 1.82) is 0 Å². The summed E-state index contributed by atoms with van der Waals surface area (Å²) in [7, 11) is 0. The first-order valence-electron chi connectivity index (χ1n) is 8.13. The molecule has 0 atom stereocenters. The Bertz CT molecular complexity index is 698. The Labute approximate surface area is 145 Å². The molecule has 3 rings (SSSR count). The highest BCUT2D eigenvalue weighted by molar-refractivity contribution is 7.17. The van der Waals surface area contributed by atoms with Crippen molar-refractivity contribution in [2.24, 2.45) is 0 Å². The van der Waals surface area contributed by atoms with Gasteiger partial charge in [-0.15, -0.1) is 11.3 Å². The summed E-state index contributed by atoms with van der Waals surface area (Å²) >= 11 is 1.47. The van der Waals surface area contributed by atoms with Crippen molar-refractivity contribution >= 4 is 17.2 Å². The monoisotopic (exact) mass is 347 g/mol. The summed E-state index contributed by atoms with van der Waals surface area (Å²) in [5.41, 5.74) is 1.03. The fourth-order valence-corrected chi connectivity index (χ4v) is 3.34. The number of fused-ring (bicyclic) bond motifs is 1. The second-order valence-corrected chi connectivity index (χ2v) is 6.41. The number of carbonyl (C=O) groups is 1. The van der Waals surface area contributed by atoms with Gasteiger partial charge in [0.1, 0.15) is 13.2 Å². The third-order valence-corrected chi connectivity index (χ3v) is 4.74. The molecule has 0 unspecified atom stereocenters. The predicted molar refractivity (Wildman–Crippen MR) is 94.2 cm³/mol. The number of benzene rings is 1. The summed E-state index contributed by atoms with van der Waals surface area (Å²) in [5.74, 6) is 1.49. The van der Waals surface area contributed by atoms with Crippen molar-refractivity contribution in [3.05, 3.63) is 35.2 Å². The van der Waals surface area contributed by atoms with E-state index >= 15 is 0 Å². The fourth-order valence-electron chi connectivity index (χ4n) is 2.42. The summed E-state index contributed by atoms with van der Waals surface area (Å²) < 4.78 is 16.4.